The van der Waals surface area contributed by atoms with E-state index < -0.39 is 47.5 Å². The third-order valence-electron chi connectivity index (χ3n) is 2.74. The summed E-state index contributed by atoms with van der Waals surface area (Å²) in [6.45, 7) is 1.32. The van der Waals surface area contributed by atoms with Crippen molar-refractivity contribution < 1.29 is 33.4 Å². The second kappa shape index (κ2) is 6.78. The van der Waals surface area contributed by atoms with E-state index >= 15 is 0 Å². The molecule has 0 bridgehead atoms. The highest BCUT2D eigenvalue weighted by atomic mass is 19.1. The zero-order valence-corrected chi connectivity index (χ0v) is 11.0. The molecule has 8 heteroatoms. The topological polar surface area (TPSA) is 104 Å². The van der Waals surface area contributed by atoms with E-state index in [0.717, 1.165) is 6.07 Å². The quantitative estimate of drug-likeness (QED) is 0.735. The van der Waals surface area contributed by atoms with Crippen molar-refractivity contribution in [2.45, 2.75) is 25.8 Å². The van der Waals surface area contributed by atoms with E-state index in [9.17, 15) is 23.2 Å². The highest BCUT2D eigenvalue weighted by molar-refractivity contribution is 5.97. The fourth-order valence-corrected chi connectivity index (χ4v) is 1.59. The average Bonchev–Trinajstić information content (AvgIpc) is 2.37. The van der Waals surface area contributed by atoms with Crippen molar-refractivity contribution in [2.75, 3.05) is 0 Å². The first kappa shape index (κ1) is 16.5. The van der Waals surface area contributed by atoms with Gasteiger partial charge in [0.25, 0.3) is 5.91 Å². The Bertz CT molecular complexity index is 588. The molecule has 0 fully saturated rings. The molecule has 1 atom stereocenters. The smallest absolute Gasteiger partial charge is 0.326 e. The fraction of sp³-hybridized carbons (Fsp3) is 0.308. The summed E-state index contributed by atoms with van der Waals surface area (Å²) >= 11 is 0. The van der Waals surface area contributed by atoms with E-state index in [2.05, 4.69) is 0 Å². The van der Waals surface area contributed by atoms with Crippen LogP contribution in [0.4, 0.5) is 8.78 Å². The SMILES string of the molecule is Cc1cc(C(=O)N[C@@H](CCC(=O)O)C(=O)O)c(F)cc1F. The Morgan fingerprint density at radius 2 is 1.81 bits per heavy atom. The third-order valence-corrected chi connectivity index (χ3v) is 2.74. The number of rotatable bonds is 6. The molecule has 0 spiro atoms. The van der Waals surface area contributed by atoms with Gasteiger partial charge in [0.1, 0.15) is 17.7 Å². The minimum absolute atomic E-state index is 0.0268. The van der Waals surface area contributed by atoms with Gasteiger partial charge in [-0.05, 0) is 25.0 Å². The van der Waals surface area contributed by atoms with Crippen LogP contribution in [0, 0.1) is 18.6 Å². The minimum Gasteiger partial charge on any atom is -0.481 e. The Labute approximate surface area is 118 Å². The summed E-state index contributed by atoms with van der Waals surface area (Å²) in [7, 11) is 0. The Morgan fingerprint density at radius 1 is 1.19 bits per heavy atom. The third kappa shape index (κ3) is 4.51. The molecular weight excluding hydrogens is 288 g/mol. The zero-order valence-electron chi connectivity index (χ0n) is 11.0. The summed E-state index contributed by atoms with van der Waals surface area (Å²) < 4.78 is 26.6. The molecule has 0 saturated heterocycles. The molecule has 0 radical (unpaired) electrons. The highest BCUT2D eigenvalue weighted by Gasteiger charge is 2.23. The molecule has 6 nitrogen and oxygen atoms in total. The first-order valence-electron chi connectivity index (χ1n) is 5.93. The van der Waals surface area contributed by atoms with Gasteiger partial charge < -0.3 is 15.5 Å². The molecule has 114 valence electrons. The summed E-state index contributed by atoms with van der Waals surface area (Å²) in [6, 6.07) is 0.00580. The van der Waals surface area contributed by atoms with E-state index in [1.807, 2.05) is 5.32 Å². The molecule has 1 rings (SSSR count). The van der Waals surface area contributed by atoms with E-state index in [0.29, 0.717) is 6.07 Å². The minimum atomic E-state index is -1.47. The summed E-state index contributed by atoms with van der Waals surface area (Å²) in [5, 5.41) is 19.4. The largest absolute Gasteiger partial charge is 0.481 e. The number of carbonyl (C=O) groups is 3. The Kier molecular flexibility index (Phi) is 5.34. The lowest BCUT2D eigenvalue weighted by Crippen LogP contribution is -2.41. The van der Waals surface area contributed by atoms with Crippen molar-refractivity contribution in [1.29, 1.82) is 0 Å². The fourth-order valence-electron chi connectivity index (χ4n) is 1.59. The maximum absolute atomic E-state index is 13.5. The molecule has 21 heavy (non-hydrogen) atoms. The van der Waals surface area contributed by atoms with Crippen molar-refractivity contribution in [1.82, 2.24) is 5.32 Å². The summed E-state index contributed by atoms with van der Waals surface area (Å²) in [6.07, 6.45) is -0.819. The highest BCUT2D eigenvalue weighted by Crippen LogP contribution is 2.14. The number of carboxylic acid groups (broad SMARTS) is 2. The number of carboxylic acids is 2. The van der Waals surface area contributed by atoms with Crippen LogP contribution in [-0.4, -0.2) is 34.1 Å². The maximum atomic E-state index is 13.5. The average molecular weight is 301 g/mol. The second-order valence-electron chi connectivity index (χ2n) is 4.38. The molecule has 1 aromatic rings. The Morgan fingerprint density at radius 3 is 2.33 bits per heavy atom. The zero-order chi connectivity index (χ0) is 16.2. The molecule has 1 amide bonds. The predicted molar refractivity (Wildman–Crippen MR) is 66.9 cm³/mol. The molecule has 0 heterocycles. The van der Waals surface area contributed by atoms with Crippen LogP contribution in [0.25, 0.3) is 0 Å². The van der Waals surface area contributed by atoms with Gasteiger partial charge in [-0.15, -0.1) is 0 Å². The first-order chi connectivity index (χ1) is 9.72. The van der Waals surface area contributed by atoms with Gasteiger partial charge in [0.05, 0.1) is 5.56 Å². The van der Waals surface area contributed by atoms with Crippen LogP contribution < -0.4 is 5.32 Å². The predicted octanol–water partition coefficient (Wildman–Crippen LogP) is 1.32. The van der Waals surface area contributed by atoms with Crippen LogP contribution in [0.15, 0.2) is 12.1 Å². The summed E-state index contributed by atoms with van der Waals surface area (Å²) in [5.41, 5.74) is -0.477. The molecular formula is C13H13F2NO5. The van der Waals surface area contributed by atoms with Gasteiger partial charge >= 0.3 is 11.9 Å². The van der Waals surface area contributed by atoms with E-state index in [1.54, 1.807) is 0 Å². The molecule has 0 aromatic heterocycles. The van der Waals surface area contributed by atoms with Gasteiger partial charge in [-0.25, -0.2) is 13.6 Å². The normalized spacial score (nSPS) is 11.8. The lowest BCUT2D eigenvalue weighted by atomic mass is 10.1. The van der Waals surface area contributed by atoms with Crippen LogP contribution in [0.1, 0.15) is 28.8 Å². The van der Waals surface area contributed by atoms with E-state index in [4.69, 9.17) is 10.2 Å². The van der Waals surface area contributed by atoms with Gasteiger partial charge in [0.2, 0.25) is 0 Å². The van der Waals surface area contributed by atoms with Crippen LogP contribution >= 0.6 is 0 Å². The molecule has 0 unspecified atom stereocenters. The van der Waals surface area contributed by atoms with Crippen molar-refractivity contribution >= 4 is 17.8 Å². The Hall–Kier alpha value is -2.51. The van der Waals surface area contributed by atoms with Crippen LogP contribution in [-0.2, 0) is 9.59 Å². The number of benzene rings is 1. The molecule has 1 aromatic carbocycles. The van der Waals surface area contributed by atoms with Crippen molar-refractivity contribution in [2.24, 2.45) is 0 Å². The van der Waals surface area contributed by atoms with Crippen LogP contribution in [0.3, 0.4) is 0 Å². The summed E-state index contributed by atoms with van der Waals surface area (Å²) in [4.78, 5) is 33.1. The molecule has 0 aliphatic carbocycles. The summed E-state index contributed by atoms with van der Waals surface area (Å²) in [5.74, 6) is -5.67. The lowest BCUT2D eigenvalue weighted by Gasteiger charge is -2.14. The van der Waals surface area contributed by atoms with Gasteiger partial charge in [0, 0.05) is 12.5 Å². The number of amides is 1. The van der Waals surface area contributed by atoms with Crippen LogP contribution in [0.2, 0.25) is 0 Å². The van der Waals surface area contributed by atoms with Gasteiger partial charge in [-0.3, -0.25) is 9.59 Å². The first-order valence-corrected chi connectivity index (χ1v) is 5.93. The molecule has 0 aliphatic heterocycles. The van der Waals surface area contributed by atoms with Gasteiger partial charge in [-0.2, -0.15) is 0 Å². The van der Waals surface area contributed by atoms with Gasteiger partial charge in [0.15, 0.2) is 0 Å². The van der Waals surface area contributed by atoms with E-state index in [-0.39, 0.29) is 12.0 Å². The number of hydrogen-bond acceptors (Lipinski definition) is 3. The lowest BCUT2D eigenvalue weighted by molar-refractivity contribution is -0.140. The number of carbonyl (C=O) groups excluding carboxylic acids is 1. The monoisotopic (exact) mass is 301 g/mol. The number of halogens is 2. The van der Waals surface area contributed by atoms with Crippen molar-refractivity contribution in [3.05, 3.63) is 34.9 Å². The number of hydrogen-bond donors (Lipinski definition) is 3. The number of aryl methyl sites for hydroxylation is 1. The molecule has 0 saturated carbocycles. The maximum Gasteiger partial charge on any atom is 0.326 e. The standard InChI is InChI=1S/C13H13F2NO5/c1-6-4-7(9(15)5-8(6)14)12(19)16-10(13(20)21)2-3-11(17)18/h4-5,10H,2-3H2,1H3,(H,16,19)(H,17,18)(H,20,21)/t10-/m0/s1. The number of nitrogens with one attached hydrogen (secondary N) is 1. The van der Waals surface area contributed by atoms with E-state index in [1.165, 1.54) is 6.92 Å². The van der Waals surface area contributed by atoms with Gasteiger partial charge in [-0.1, -0.05) is 0 Å². The van der Waals surface area contributed by atoms with Crippen molar-refractivity contribution in [3.8, 4) is 0 Å². The van der Waals surface area contributed by atoms with Crippen LogP contribution in [0.5, 0.6) is 0 Å². The van der Waals surface area contributed by atoms with Crippen molar-refractivity contribution in [3.63, 3.8) is 0 Å². The number of aliphatic carboxylic acids is 2. The molecule has 0 aliphatic rings. The second-order valence-corrected chi connectivity index (χ2v) is 4.38. The Balaban J connectivity index is 2.89. The molecule has 3 N–H and O–H groups in total.